The Morgan fingerprint density at radius 1 is 1.25 bits per heavy atom. The fourth-order valence-electron chi connectivity index (χ4n) is 1.42. The molecule has 2 unspecified atom stereocenters. The Morgan fingerprint density at radius 3 is 2.17 bits per heavy atom. The number of hydrogen-bond donors (Lipinski definition) is 2. The van der Waals surface area contributed by atoms with Crippen LogP contribution in [0.3, 0.4) is 0 Å². The van der Waals surface area contributed by atoms with Gasteiger partial charge in [-0.2, -0.15) is 0 Å². The Hall–Kier alpha value is -0.0800. The first kappa shape index (κ1) is 11.9. The summed E-state index contributed by atoms with van der Waals surface area (Å²) in [5.74, 6) is 0.677. The highest BCUT2D eigenvalue weighted by atomic mass is 16.3. The van der Waals surface area contributed by atoms with Crippen LogP contribution in [-0.4, -0.2) is 23.8 Å². The number of aliphatic hydroxyl groups is 1. The predicted octanol–water partition coefficient (Wildman–Crippen LogP) is 1.78. The Kier molecular flexibility index (Phi) is 6.39. The summed E-state index contributed by atoms with van der Waals surface area (Å²) < 4.78 is 0. The first-order chi connectivity index (χ1) is 5.61. The van der Waals surface area contributed by atoms with Gasteiger partial charge >= 0.3 is 0 Å². The highest BCUT2D eigenvalue weighted by molar-refractivity contribution is 4.72. The molecule has 2 nitrogen and oxygen atoms in total. The van der Waals surface area contributed by atoms with Crippen LogP contribution < -0.4 is 5.32 Å². The van der Waals surface area contributed by atoms with Gasteiger partial charge in [0.1, 0.15) is 0 Å². The minimum Gasteiger partial charge on any atom is -0.396 e. The number of nitrogens with one attached hydrogen (secondary N) is 1. The molecular weight excluding hydrogens is 150 g/mol. The van der Waals surface area contributed by atoms with E-state index in [-0.39, 0.29) is 6.61 Å². The van der Waals surface area contributed by atoms with Gasteiger partial charge in [0.15, 0.2) is 0 Å². The topological polar surface area (TPSA) is 32.3 Å². The monoisotopic (exact) mass is 173 g/mol. The zero-order valence-corrected chi connectivity index (χ0v) is 8.80. The molecular formula is C10H23NO. The maximum Gasteiger partial charge on any atom is 0.0445 e. The summed E-state index contributed by atoms with van der Waals surface area (Å²) in [7, 11) is 0. The maximum atomic E-state index is 8.72. The Balaban J connectivity index is 3.69. The second kappa shape index (κ2) is 6.44. The lowest BCUT2D eigenvalue weighted by atomic mass is 10.0. The summed E-state index contributed by atoms with van der Waals surface area (Å²) in [4.78, 5) is 0. The molecule has 0 radical (unpaired) electrons. The van der Waals surface area contributed by atoms with Gasteiger partial charge in [0.05, 0.1) is 0 Å². The molecule has 0 rings (SSSR count). The average molecular weight is 173 g/mol. The van der Waals surface area contributed by atoms with Crippen molar-refractivity contribution in [3.8, 4) is 0 Å². The van der Waals surface area contributed by atoms with Crippen molar-refractivity contribution in [2.45, 2.75) is 52.6 Å². The van der Waals surface area contributed by atoms with E-state index in [4.69, 9.17) is 5.11 Å². The molecule has 0 aromatic rings. The highest BCUT2D eigenvalue weighted by Gasteiger charge is 2.12. The van der Waals surface area contributed by atoms with Crippen LogP contribution in [0.15, 0.2) is 0 Å². The summed E-state index contributed by atoms with van der Waals surface area (Å²) in [6.07, 6.45) is 2.01. The molecule has 0 aromatic heterocycles. The molecule has 2 heteroatoms. The minimum absolute atomic E-state index is 0.280. The molecule has 2 atom stereocenters. The SMILES string of the molecule is CCC(NC(C)CCO)C(C)C. The summed E-state index contributed by atoms with van der Waals surface area (Å²) in [5, 5.41) is 12.2. The van der Waals surface area contributed by atoms with E-state index in [0.717, 1.165) is 12.8 Å². The Labute approximate surface area is 76.4 Å². The third-order valence-corrected chi connectivity index (χ3v) is 2.31. The van der Waals surface area contributed by atoms with Crippen molar-refractivity contribution in [3.63, 3.8) is 0 Å². The van der Waals surface area contributed by atoms with Crippen molar-refractivity contribution in [2.75, 3.05) is 6.61 Å². The van der Waals surface area contributed by atoms with Crippen molar-refractivity contribution in [1.82, 2.24) is 5.32 Å². The first-order valence-electron chi connectivity index (χ1n) is 4.98. The molecule has 0 saturated heterocycles. The van der Waals surface area contributed by atoms with Crippen LogP contribution in [0.2, 0.25) is 0 Å². The van der Waals surface area contributed by atoms with E-state index in [9.17, 15) is 0 Å². The summed E-state index contributed by atoms with van der Waals surface area (Å²) >= 11 is 0. The molecule has 0 saturated carbocycles. The lowest BCUT2D eigenvalue weighted by Crippen LogP contribution is -2.39. The van der Waals surface area contributed by atoms with E-state index in [1.807, 2.05) is 0 Å². The fourth-order valence-corrected chi connectivity index (χ4v) is 1.42. The molecule has 0 bridgehead atoms. The predicted molar refractivity (Wildman–Crippen MR) is 53.2 cm³/mol. The van der Waals surface area contributed by atoms with Crippen LogP contribution in [0, 0.1) is 5.92 Å². The molecule has 0 fully saturated rings. The summed E-state index contributed by atoms with van der Waals surface area (Å²) in [6, 6.07) is 1.02. The van der Waals surface area contributed by atoms with Gasteiger partial charge < -0.3 is 10.4 Å². The van der Waals surface area contributed by atoms with E-state index in [1.165, 1.54) is 0 Å². The molecule has 0 amide bonds. The Bertz CT molecular complexity index is 104. The Morgan fingerprint density at radius 2 is 1.83 bits per heavy atom. The maximum absolute atomic E-state index is 8.72. The zero-order valence-electron chi connectivity index (χ0n) is 8.80. The smallest absolute Gasteiger partial charge is 0.0445 e. The van der Waals surface area contributed by atoms with Gasteiger partial charge in [0, 0.05) is 18.7 Å². The largest absolute Gasteiger partial charge is 0.396 e. The molecule has 0 aliphatic heterocycles. The average Bonchev–Trinajstić information content (AvgIpc) is 2.00. The minimum atomic E-state index is 0.280. The van der Waals surface area contributed by atoms with Crippen LogP contribution >= 0.6 is 0 Å². The van der Waals surface area contributed by atoms with Crippen molar-refractivity contribution in [3.05, 3.63) is 0 Å². The fraction of sp³-hybridized carbons (Fsp3) is 1.00. The number of rotatable bonds is 6. The third kappa shape index (κ3) is 4.73. The highest BCUT2D eigenvalue weighted by Crippen LogP contribution is 2.07. The van der Waals surface area contributed by atoms with Crippen molar-refractivity contribution >= 4 is 0 Å². The normalized spacial score (nSPS) is 16.5. The number of hydrogen-bond acceptors (Lipinski definition) is 2. The molecule has 0 aromatic carbocycles. The van der Waals surface area contributed by atoms with Gasteiger partial charge in [-0.15, -0.1) is 0 Å². The second-order valence-corrected chi connectivity index (χ2v) is 3.84. The molecule has 0 aliphatic rings. The lowest BCUT2D eigenvalue weighted by molar-refractivity contribution is 0.253. The number of aliphatic hydroxyl groups excluding tert-OH is 1. The van der Waals surface area contributed by atoms with Gasteiger partial charge in [-0.25, -0.2) is 0 Å². The first-order valence-corrected chi connectivity index (χ1v) is 4.98. The van der Waals surface area contributed by atoms with E-state index in [1.54, 1.807) is 0 Å². The van der Waals surface area contributed by atoms with Crippen LogP contribution in [0.25, 0.3) is 0 Å². The van der Waals surface area contributed by atoms with Gasteiger partial charge in [0.2, 0.25) is 0 Å². The van der Waals surface area contributed by atoms with Crippen molar-refractivity contribution in [1.29, 1.82) is 0 Å². The van der Waals surface area contributed by atoms with Gasteiger partial charge in [-0.05, 0) is 25.7 Å². The quantitative estimate of drug-likeness (QED) is 0.641. The van der Waals surface area contributed by atoms with Crippen molar-refractivity contribution < 1.29 is 5.11 Å². The standard InChI is InChI=1S/C10H23NO/c1-5-10(8(2)3)11-9(4)6-7-12/h8-12H,5-7H2,1-4H3. The van der Waals surface area contributed by atoms with Crippen LogP contribution in [0.4, 0.5) is 0 Å². The lowest BCUT2D eigenvalue weighted by Gasteiger charge is -2.24. The van der Waals surface area contributed by atoms with E-state index in [0.29, 0.717) is 18.0 Å². The van der Waals surface area contributed by atoms with Crippen LogP contribution in [0.1, 0.15) is 40.5 Å². The molecule has 74 valence electrons. The van der Waals surface area contributed by atoms with Gasteiger partial charge in [-0.3, -0.25) is 0 Å². The molecule has 0 spiro atoms. The van der Waals surface area contributed by atoms with E-state index >= 15 is 0 Å². The second-order valence-electron chi connectivity index (χ2n) is 3.84. The van der Waals surface area contributed by atoms with Gasteiger partial charge in [-0.1, -0.05) is 20.8 Å². The summed E-state index contributed by atoms with van der Waals surface area (Å²) in [6.45, 7) is 9.06. The molecule has 0 heterocycles. The molecule has 12 heavy (non-hydrogen) atoms. The third-order valence-electron chi connectivity index (χ3n) is 2.31. The molecule has 2 N–H and O–H groups in total. The van der Waals surface area contributed by atoms with Crippen LogP contribution in [-0.2, 0) is 0 Å². The summed E-state index contributed by atoms with van der Waals surface area (Å²) in [5.41, 5.74) is 0. The zero-order chi connectivity index (χ0) is 9.56. The van der Waals surface area contributed by atoms with Crippen molar-refractivity contribution in [2.24, 2.45) is 5.92 Å². The molecule has 0 aliphatic carbocycles. The van der Waals surface area contributed by atoms with E-state index < -0.39 is 0 Å². The van der Waals surface area contributed by atoms with E-state index in [2.05, 4.69) is 33.0 Å². The van der Waals surface area contributed by atoms with Gasteiger partial charge in [0.25, 0.3) is 0 Å². The van der Waals surface area contributed by atoms with Crippen LogP contribution in [0.5, 0.6) is 0 Å².